The maximum atomic E-state index is 10.8. The monoisotopic (exact) mass is 394 g/mol. The van der Waals surface area contributed by atoms with Gasteiger partial charge in [-0.25, -0.2) is 0 Å². The molecule has 0 saturated carbocycles. The Morgan fingerprint density at radius 1 is 1.26 bits per heavy atom. The first-order valence-electron chi connectivity index (χ1n) is 9.76. The summed E-state index contributed by atoms with van der Waals surface area (Å²) >= 11 is 0. The molecule has 0 fully saturated rings. The van der Waals surface area contributed by atoms with Crippen molar-refractivity contribution in [3.8, 4) is 0 Å². The van der Waals surface area contributed by atoms with Gasteiger partial charge in [0.2, 0.25) is 0 Å². The summed E-state index contributed by atoms with van der Waals surface area (Å²) in [5.41, 5.74) is 7.85. The summed E-state index contributed by atoms with van der Waals surface area (Å²) in [5.74, 6) is 0. The summed E-state index contributed by atoms with van der Waals surface area (Å²) in [5, 5.41) is 3.64. The normalized spacial score (nSPS) is 14.1. The second-order valence-electron chi connectivity index (χ2n) is 7.27. The van der Waals surface area contributed by atoms with E-state index in [1.165, 1.54) is 24.8 Å². The third-order valence-corrected chi connectivity index (χ3v) is 5.07. The van der Waals surface area contributed by atoms with Crippen molar-refractivity contribution in [1.82, 2.24) is 10.2 Å². The van der Waals surface area contributed by atoms with Crippen molar-refractivity contribution in [1.29, 1.82) is 0 Å². The van der Waals surface area contributed by atoms with Crippen LogP contribution in [0.15, 0.2) is 40.7 Å². The number of allylic oxidation sites excluding steroid dienone is 4. The number of carbonyl (C=O) groups excluding carboxylic acids is 1. The summed E-state index contributed by atoms with van der Waals surface area (Å²) in [7, 11) is 0.297. The highest BCUT2D eigenvalue weighted by Crippen LogP contribution is 2.14. The molecular formula is C21H39N4OP. The summed E-state index contributed by atoms with van der Waals surface area (Å²) < 4.78 is 0. The first kappa shape index (κ1) is 25.7. The van der Waals surface area contributed by atoms with Gasteiger partial charge in [0.1, 0.15) is 6.03 Å². The van der Waals surface area contributed by atoms with Crippen LogP contribution >= 0.6 is 8.58 Å². The maximum Gasteiger partial charge on any atom is 0.140 e. The van der Waals surface area contributed by atoms with E-state index >= 15 is 0 Å². The molecule has 0 saturated heterocycles. The van der Waals surface area contributed by atoms with Crippen LogP contribution in [0.2, 0.25) is 0 Å². The quantitative estimate of drug-likeness (QED) is 0.190. The fraction of sp³-hybridized carbons (Fsp3) is 0.619. The second kappa shape index (κ2) is 15.7. The summed E-state index contributed by atoms with van der Waals surface area (Å²) in [6.45, 7) is 13.1. The Morgan fingerprint density at radius 2 is 1.96 bits per heavy atom. The molecule has 0 aromatic carbocycles. The molecule has 0 amide bonds. The number of hydrogen-bond donors (Lipinski definition) is 2. The van der Waals surface area contributed by atoms with Crippen molar-refractivity contribution in [2.75, 3.05) is 25.9 Å². The zero-order valence-electron chi connectivity index (χ0n) is 17.8. The van der Waals surface area contributed by atoms with Crippen LogP contribution in [0.25, 0.3) is 0 Å². The topological polar surface area (TPSA) is 70.7 Å². The van der Waals surface area contributed by atoms with Crippen LogP contribution in [0.1, 0.15) is 53.9 Å². The van der Waals surface area contributed by atoms with E-state index in [1.54, 1.807) is 12.4 Å². The summed E-state index contributed by atoms with van der Waals surface area (Å²) in [6, 6.07) is 1.01. The molecule has 0 aliphatic rings. The minimum atomic E-state index is 0.152. The molecule has 27 heavy (non-hydrogen) atoms. The lowest BCUT2D eigenvalue weighted by Gasteiger charge is -2.28. The average molecular weight is 395 g/mol. The lowest BCUT2D eigenvalue weighted by atomic mass is 9.97. The first-order chi connectivity index (χ1) is 12.9. The highest BCUT2D eigenvalue weighted by molar-refractivity contribution is 7.54. The van der Waals surface area contributed by atoms with E-state index in [9.17, 15) is 4.79 Å². The minimum Gasteiger partial charge on any atom is -0.372 e. The number of nitrogens with zero attached hydrogens (tertiary/aromatic N) is 2. The predicted molar refractivity (Wildman–Crippen MR) is 122 cm³/mol. The molecule has 0 spiro atoms. The number of hydrogen-bond acceptors (Lipinski definition) is 5. The van der Waals surface area contributed by atoms with Crippen molar-refractivity contribution in [3.05, 3.63) is 35.7 Å². The Bertz CT molecular complexity index is 524. The highest BCUT2D eigenvalue weighted by Gasteiger charge is 2.15. The van der Waals surface area contributed by atoms with Crippen LogP contribution in [0.4, 0.5) is 0 Å². The summed E-state index contributed by atoms with van der Waals surface area (Å²) in [6.07, 6.45) is 14.0. The molecule has 0 aromatic heterocycles. The van der Waals surface area contributed by atoms with E-state index in [0.29, 0.717) is 15.1 Å². The maximum absolute atomic E-state index is 10.8. The molecule has 6 heteroatoms. The molecule has 0 aliphatic heterocycles. The zero-order chi connectivity index (χ0) is 20.5. The minimum absolute atomic E-state index is 0.152. The molecule has 154 valence electrons. The Morgan fingerprint density at radius 3 is 2.59 bits per heavy atom. The van der Waals surface area contributed by atoms with E-state index < -0.39 is 0 Å². The van der Waals surface area contributed by atoms with Crippen molar-refractivity contribution < 1.29 is 4.79 Å². The van der Waals surface area contributed by atoms with Crippen molar-refractivity contribution in [3.63, 3.8) is 0 Å². The van der Waals surface area contributed by atoms with Crippen LogP contribution in [-0.4, -0.2) is 48.6 Å². The fourth-order valence-electron chi connectivity index (χ4n) is 2.36. The zero-order valence-corrected chi connectivity index (χ0v) is 18.8. The van der Waals surface area contributed by atoms with E-state index in [-0.39, 0.29) is 5.54 Å². The van der Waals surface area contributed by atoms with Crippen LogP contribution in [0.3, 0.4) is 0 Å². The van der Waals surface area contributed by atoms with E-state index in [2.05, 4.69) is 62.1 Å². The highest BCUT2D eigenvalue weighted by atomic mass is 31.1. The van der Waals surface area contributed by atoms with Gasteiger partial charge in [-0.05, 0) is 72.2 Å². The third-order valence-electron chi connectivity index (χ3n) is 4.31. The third kappa shape index (κ3) is 14.4. The molecule has 0 radical (unpaired) electrons. The largest absolute Gasteiger partial charge is 0.372 e. The fourth-order valence-corrected chi connectivity index (χ4v) is 2.94. The number of nitrogens with one attached hydrogen (secondary N) is 1. The van der Waals surface area contributed by atoms with Crippen LogP contribution < -0.4 is 11.1 Å². The van der Waals surface area contributed by atoms with Gasteiger partial charge in [0.05, 0.1) is 0 Å². The van der Waals surface area contributed by atoms with Gasteiger partial charge in [-0.3, -0.25) is 9.79 Å². The molecule has 0 rings (SSSR count). The van der Waals surface area contributed by atoms with Gasteiger partial charge in [-0.1, -0.05) is 19.8 Å². The molecule has 0 aromatic rings. The van der Waals surface area contributed by atoms with Crippen molar-refractivity contribution >= 4 is 20.8 Å². The Hall–Kier alpha value is -1.29. The number of rotatable bonds is 15. The number of nitrogens with two attached hydrogens (primary N) is 1. The van der Waals surface area contributed by atoms with Gasteiger partial charge in [0, 0.05) is 43.9 Å². The predicted octanol–water partition coefficient (Wildman–Crippen LogP) is 4.07. The molecule has 0 aliphatic carbocycles. The number of aliphatic imine (C=N–C) groups is 1. The molecule has 3 N–H and O–H groups in total. The molecule has 5 nitrogen and oxygen atoms in total. The Balaban J connectivity index is 4.74. The molecule has 0 heterocycles. The summed E-state index contributed by atoms with van der Waals surface area (Å²) in [4.78, 5) is 17.1. The van der Waals surface area contributed by atoms with Crippen molar-refractivity contribution in [2.24, 2.45) is 10.7 Å². The second-order valence-corrected chi connectivity index (χ2v) is 8.23. The number of unbranched alkanes of at least 4 members (excludes halogenated alkanes) is 1. The van der Waals surface area contributed by atoms with Gasteiger partial charge in [0.15, 0.2) is 0 Å². The lowest BCUT2D eigenvalue weighted by molar-refractivity contribution is 0.326. The lowest BCUT2D eigenvalue weighted by Crippen LogP contribution is -2.42. The van der Waals surface area contributed by atoms with Gasteiger partial charge in [-0.15, -0.1) is 0 Å². The van der Waals surface area contributed by atoms with Gasteiger partial charge < -0.3 is 16.0 Å². The van der Waals surface area contributed by atoms with Crippen LogP contribution in [0, 0.1) is 0 Å². The molecule has 1 atom stereocenters. The Kier molecular flexibility index (Phi) is 15.0. The molecular weight excluding hydrogens is 355 g/mol. The van der Waals surface area contributed by atoms with Gasteiger partial charge >= 0.3 is 0 Å². The average Bonchev–Trinajstić information content (AvgIpc) is 2.64. The molecule has 0 bridgehead atoms. The first-order valence-corrected chi connectivity index (χ1v) is 11.0. The van der Waals surface area contributed by atoms with Gasteiger partial charge in [-0.2, -0.15) is 0 Å². The Labute approximate surface area is 168 Å². The van der Waals surface area contributed by atoms with Crippen LogP contribution in [0.5, 0.6) is 0 Å². The standard InChI is InChI=1S/C21H39N4OP/c1-6-7-10-21(4,5)24-14-16-25(17-27-18-26)15-9-20(3)19(2)8-12-23-13-11-22/h8-9,12-13,15,18,24,27H,6-7,10-11,14,16-17,22H2,1-5H3/b12-8+,15-9+,20-19-,23-13+. The molecule has 1 unspecified atom stereocenters. The van der Waals surface area contributed by atoms with Gasteiger partial charge in [0.25, 0.3) is 0 Å². The van der Waals surface area contributed by atoms with Crippen LogP contribution in [-0.2, 0) is 4.79 Å². The SMILES string of the molecule is CCCCC(C)(C)NCCN(/C=C/C(C)=C(C)\C=C\N=C\CN)CPC=O. The smallest absolute Gasteiger partial charge is 0.140 e. The van der Waals surface area contributed by atoms with Crippen molar-refractivity contribution in [2.45, 2.75) is 59.4 Å². The number of carbonyl (C=O) groups is 1. The van der Waals surface area contributed by atoms with E-state index in [1.807, 2.05) is 6.08 Å². The van der Waals surface area contributed by atoms with E-state index in [4.69, 9.17) is 5.73 Å². The van der Waals surface area contributed by atoms with E-state index in [0.717, 1.165) is 31.0 Å².